The molecule has 1 heterocycles. The first-order valence-corrected chi connectivity index (χ1v) is 8.07. The number of thiophene rings is 1. The van der Waals surface area contributed by atoms with Crippen LogP contribution in [0.1, 0.15) is 13.8 Å². The van der Waals surface area contributed by atoms with Crippen LogP contribution in [0.3, 0.4) is 0 Å². The SMILES string of the molecule is CCNC(=O)C(C)NS(=O)(=O)c1sccc1Br. The number of nitrogens with one attached hydrogen (secondary N) is 2. The summed E-state index contributed by atoms with van der Waals surface area (Å²) in [5, 5.41) is 4.22. The maximum Gasteiger partial charge on any atom is 0.251 e. The van der Waals surface area contributed by atoms with E-state index in [0.717, 1.165) is 11.3 Å². The fourth-order valence-electron chi connectivity index (χ4n) is 1.14. The Kier molecular flexibility index (Phi) is 5.11. The van der Waals surface area contributed by atoms with E-state index in [1.807, 2.05) is 0 Å². The van der Waals surface area contributed by atoms with Gasteiger partial charge in [0.1, 0.15) is 4.21 Å². The van der Waals surface area contributed by atoms with E-state index in [2.05, 4.69) is 26.0 Å². The zero-order valence-corrected chi connectivity index (χ0v) is 12.6. The lowest BCUT2D eigenvalue weighted by Gasteiger charge is -2.12. The van der Waals surface area contributed by atoms with Crippen molar-refractivity contribution in [3.63, 3.8) is 0 Å². The Labute approximate surface area is 113 Å². The van der Waals surface area contributed by atoms with Crippen molar-refractivity contribution in [2.24, 2.45) is 0 Å². The van der Waals surface area contributed by atoms with Gasteiger partial charge in [-0.3, -0.25) is 4.79 Å². The standard InChI is InChI=1S/C9H13BrN2O3S2/c1-3-11-8(13)6(2)12-17(14,15)9-7(10)4-5-16-9/h4-6,12H,3H2,1-2H3,(H,11,13). The first-order valence-electron chi connectivity index (χ1n) is 4.91. The highest BCUT2D eigenvalue weighted by Gasteiger charge is 2.24. The highest BCUT2D eigenvalue weighted by Crippen LogP contribution is 2.27. The van der Waals surface area contributed by atoms with Crippen LogP contribution in [0, 0.1) is 0 Å². The number of hydrogen-bond donors (Lipinski definition) is 2. The van der Waals surface area contributed by atoms with E-state index in [-0.39, 0.29) is 10.1 Å². The van der Waals surface area contributed by atoms with Crippen LogP contribution >= 0.6 is 27.3 Å². The molecule has 1 aromatic heterocycles. The number of rotatable bonds is 5. The third kappa shape index (κ3) is 3.77. The van der Waals surface area contributed by atoms with Crippen molar-refractivity contribution in [3.8, 4) is 0 Å². The van der Waals surface area contributed by atoms with Crippen LogP contribution in [0.25, 0.3) is 0 Å². The van der Waals surface area contributed by atoms with Gasteiger partial charge < -0.3 is 5.32 Å². The summed E-state index contributed by atoms with van der Waals surface area (Å²) in [6.45, 7) is 3.74. The van der Waals surface area contributed by atoms with Crippen molar-refractivity contribution in [1.82, 2.24) is 10.0 Å². The molecule has 0 aromatic carbocycles. The van der Waals surface area contributed by atoms with Gasteiger partial charge in [-0.1, -0.05) is 0 Å². The van der Waals surface area contributed by atoms with Crippen molar-refractivity contribution in [2.45, 2.75) is 24.1 Å². The minimum absolute atomic E-state index is 0.175. The molecule has 1 amide bonds. The molecular formula is C9H13BrN2O3S2. The molecule has 1 atom stereocenters. The summed E-state index contributed by atoms with van der Waals surface area (Å²) >= 11 is 4.24. The first-order chi connectivity index (χ1) is 7.88. The molecular weight excluding hydrogens is 328 g/mol. The lowest BCUT2D eigenvalue weighted by molar-refractivity contribution is -0.122. The molecule has 8 heteroatoms. The molecule has 0 fully saturated rings. The summed E-state index contributed by atoms with van der Waals surface area (Å²) < 4.78 is 26.8. The summed E-state index contributed by atoms with van der Waals surface area (Å²) in [5.41, 5.74) is 0. The number of likely N-dealkylation sites (N-methyl/N-ethyl adjacent to an activating group) is 1. The van der Waals surface area contributed by atoms with Gasteiger partial charge in [-0.05, 0) is 41.2 Å². The number of carbonyl (C=O) groups is 1. The topological polar surface area (TPSA) is 75.3 Å². The van der Waals surface area contributed by atoms with Crippen molar-refractivity contribution in [2.75, 3.05) is 6.54 Å². The zero-order chi connectivity index (χ0) is 13.1. The predicted molar refractivity (Wildman–Crippen MR) is 70.5 cm³/mol. The van der Waals surface area contributed by atoms with Crippen molar-refractivity contribution in [1.29, 1.82) is 0 Å². The van der Waals surface area contributed by atoms with Gasteiger partial charge in [0.05, 0.1) is 6.04 Å². The molecule has 1 rings (SSSR count). The van der Waals surface area contributed by atoms with Crippen molar-refractivity contribution < 1.29 is 13.2 Å². The Balaban J connectivity index is 2.81. The Morgan fingerprint density at radius 1 is 1.59 bits per heavy atom. The van der Waals surface area contributed by atoms with E-state index >= 15 is 0 Å². The summed E-state index contributed by atoms with van der Waals surface area (Å²) in [6.07, 6.45) is 0. The largest absolute Gasteiger partial charge is 0.355 e. The Hall–Kier alpha value is -0.440. The summed E-state index contributed by atoms with van der Waals surface area (Å²) in [5.74, 6) is -0.344. The number of sulfonamides is 1. The number of amides is 1. The molecule has 0 aliphatic heterocycles. The van der Waals surface area contributed by atoms with E-state index in [4.69, 9.17) is 0 Å². The van der Waals surface area contributed by atoms with Crippen LogP contribution in [-0.2, 0) is 14.8 Å². The summed E-state index contributed by atoms with van der Waals surface area (Å²) in [4.78, 5) is 11.4. The quantitative estimate of drug-likeness (QED) is 0.848. The van der Waals surface area contributed by atoms with Gasteiger partial charge in [0.2, 0.25) is 5.91 Å². The van der Waals surface area contributed by atoms with Crippen LogP contribution < -0.4 is 10.0 Å². The van der Waals surface area contributed by atoms with Crippen molar-refractivity contribution in [3.05, 3.63) is 15.9 Å². The Morgan fingerprint density at radius 3 is 2.71 bits per heavy atom. The van der Waals surface area contributed by atoms with Gasteiger partial charge in [0.15, 0.2) is 0 Å². The highest BCUT2D eigenvalue weighted by molar-refractivity contribution is 9.10. The molecule has 96 valence electrons. The second kappa shape index (κ2) is 5.94. The number of hydrogen-bond acceptors (Lipinski definition) is 4. The fourth-order valence-corrected chi connectivity index (χ4v) is 4.70. The van der Waals surface area contributed by atoms with Gasteiger partial charge in [0, 0.05) is 11.0 Å². The molecule has 0 aliphatic rings. The second-order valence-electron chi connectivity index (χ2n) is 3.29. The van der Waals surface area contributed by atoms with E-state index in [1.165, 1.54) is 6.92 Å². The molecule has 0 radical (unpaired) electrons. The molecule has 0 saturated carbocycles. The highest BCUT2D eigenvalue weighted by atomic mass is 79.9. The van der Waals surface area contributed by atoms with Gasteiger partial charge in [-0.25, -0.2) is 8.42 Å². The van der Waals surface area contributed by atoms with Crippen LogP contribution in [-0.4, -0.2) is 26.9 Å². The molecule has 0 aliphatic carbocycles. The minimum atomic E-state index is -3.65. The van der Waals surface area contributed by atoms with Gasteiger partial charge in [0.25, 0.3) is 10.0 Å². The molecule has 17 heavy (non-hydrogen) atoms. The maximum atomic E-state index is 11.9. The van der Waals surface area contributed by atoms with E-state index in [0.29, 0.717) is 11.0 Å². The van der Waals surface area contributed by atoms with E-state index < -0.39 is 16.1 Å². The van der Waals surface area contributed by atoms with E-state index in [9.17, 15) is 13.2 Å². The van der Waals surface area contributed by atoms with Gasteiger partial charge in [-0.15, -0.1) is 11.3 Å². The third-order valence-corrected chi connectivity index (χ3v) is 6.12. The average molecular weight is 341 g/mol. The van der Waals surface area contributed by atoms with Crippen LogP contribution in [0.2, 0.25) is 0 Å². The molecule has 0 bridgehead atoms. The van der Waals surface area contributed by atoms with Crippen LogP contribution in [0.15, 0.2) is 20.1 Å². The smallest absolute Gasteiger partial charge is 0.251 e. The first kappa shape index (κ1) is 14.6. The van der Waals surface area contributed by atoms with Gasteiger partial charge >= 0.3 is 0 Å². The Bertz CT molecular complexity index is 498. The Morgan fingerprint density at radius 2 is 2.24 bits per heavy atom. The van der Waals surface area contributed by atoms with Crippen LogP contribution in [0.5, 0.6) is 0 Å². The minimum Gasteiger partial charge on any atom is -0.355 e. The summed E-state index contributed by atoms with van der Waals surface area (Å²) in [6, 6.07) is 0.852. The van der Waals surface area contributed by atoms with E-state index in [1.54, 1.807) is 18.4 Å². The zero-order valence-electron chi connectivity index (χ0n) is 9.36. The molecule has 5 nitrogen and oxygen atoms in total. The predicted octanol–water partition coefficient (Wildman–Crippen LogP) is 1.31. The molecule has 2 N–H and O–H groups in total. The van der Waals surface area contributed by atoms with Crippen LogP contribution in [0.4, 0.5) is 0 Å². The molecule has 0 saturated heterocycles. The number of carbonyl (C=O) groups excluding carboxylic acids is 1. The maximum absolute atomic E-state index is 11.9. The second-order valence-corrected chi connectivity index (χ2v) is 6.97. The number of halogens is 1. The monoisotopic (exact) mass is 340 g/mol. The molecule has 1 unspecified atom stereocenters. The average Bonchev–Trinajstić information content (AvgIpc) is 2.64. The molecule has 1 aromatic rings. The van der Waals surface area contributed by atoms with Gasteiger partial charge in [-0.2, -0.15) is 4.72 Å². The summed E-state index contributed by atoms with van der Waals surface area (Å²) in [7, 11) is -3.65. The fraction of sp³-hybridized carbons (Fsp3) is 0.444. The lowest BCUT2D eigenvalue weighted by Crippen LogP contribution is -2.44. The molecule has 0 spiro atoms. The normalized spacial score (nSPS) is 13.4. The third-order valence-electron chi connectivity index (χ3n) is 1.90. The van der Waals surface area contributed by atoms with Crippen molar-refractivity contribution >= 4 is 43.2 Å². The lowest BCUT2D eigenvalue weighted by atomic mass is 10.3.